The molecule has 1 unspecified atom stereocenters. The van der Waals surface area contributed by atoms with E-state index in [1.807, 2.05) is 6.26 Å². The zero-order valence-corrected chi connectivity index (χ0v) is 12.9. The van der Waals surface area contributed by atoms with E-state index in [9.17, 15) is 4.79 Å². The van der Waals surface area contributed by atoms with E-state index in [4.69, 9.17) is 5.11 Å². The van der Waals surface area contributed by atoms with Crippen molar-refractivity contribution >= 4 is 17.7 Å². The molecule has 0 fully saturated rings. The summed E-state index contributed by atoms with van der Waals surface area (Å²) in [5, 5.41) is 8.70. The Morgan fingerprint density at radius 2 is 1.39 bits per heavy atom. The normalized spacial score (nSPS) is 12.6. The lowest BCUT2D eigenvalue weighted by molar-refractivity contribution is -0.136. The zero-order chi connectivity index (χ0) is 13.6. The second kappa shape index (κ2) is 13.3. The van der Waals surface area contributed by atoms with Gasteiger partial charge >= 0.3 is 5.97 Å². The lowest BCUT2D eigenvalue weighted by atomic mass is 10.1. The molecule has 18 heavy (non-hydrogen) atoms. The standard InChI is InChI=1S/C15H30O2S/c1-3-4-5-6-7-8-9-10-11-12-13-14(18-2)15(16)17/h14H,3-13H2,1-2H3,(H,16,17). The topological polar surface area (TPSA) is 37.3 Å². The molecule has 0 aliphatic heterocycles. The minimum atomic E-state index is -0.654. The number of rotatable bonds is 13. The maximum Gasteiger partial charge on any atom is 0.316 e. The molecule has 0 aliphatic rings. The second-order valence-electron chi connectivity index (χ2n) is 5.03. The van der Waals surface area contributed by atoms with Gasteiger partial charge in [0.1, 0.15) is 5.25 Å². The fourth-order valence-electron chi connectivity index (χ4n) is 2.16. The van der Waals surface area contributed by atoms with E-state index >= 15 is 0 Å². The van der Waals surface area contributed by atoms with Gasteiger partial charge in [-0.2, -0.15) is 11.8 Å². The fraction of sp³-hybridized carbons (Fsp3) is 0.933. The van der Waals surface area contributed by atoms with Gasteiger partial charge < -0.3 is 5.11 Å². The quantitative estimate of drug-likeness (QED) is 0.474. The van der Waals surface area contributed by atoms with Crippen LogP contribution in [0, 0.1) is 0 Å². The summed E-state index contributed by atoms with van der Waals surface area (Å²) >= 11 is 1.46. The van der Waals surface area contributed by atoms with Crippen molar-refractivity contribution in [1.29, 1.82) is 0 Å². The molecule has 0 aromatic carbocycles. The van der Waals surface area contributed by atoms with Gasteiger partial charge in [0, 0.05) is 0 Å². The molecule has 0 bridgehead atoms. The molecule has 1 N–H and O–H groups in total. The second-order valence-corrected chi connectivity index (χ2v) is 6.07. The largest absolute Gasteiger partial charge is 0.480 e. The van der Waals surface area contributed by atoms with Gasteiger partial charge in [0.25, 0.3) is 0 Å². The van der Waals surface area contributed by atoms with Crippen molar-refractivity contribution in [3.8, 4) is 0 Å². The number of thioether (sulfide) groups is 1. The number of carboxylic acid groups (broad SMARTS) is 1. The highest BCUT2D eigenvalue weighted by Crippen LogP contribution is 2.17. The monoisotopic (exact) mass is 274 g/mol. The number of aliphatic carboxylic acids is 1. The number of hydrogen-bond donors (Lipinski definition) is 1. The summed E-state index contributed by atoms with van der Waals surface area (Å²) in [6, 6.07) is 0. The van der Waals surface area contributed by atoms with Gasteiger partial charge in [-0.05, 0) is 12.7 Å². The summed E-state index contributed by atoms with van der Waals surface area (Å²) in [6.07, 6.45) is 15.8. The third-order valence-corrected chi connectivity index (χ3v) is 4.39. The summed E-state index contributed by atoms with van der Waals surface area (Å²) in [6.45, 7) is 2.25. The predicted octanol–water partition coefficient (Wildman–Crippen LogP) is 5.11. The van der Waals surface area contributed by atoms with E-state index in [0.29, 0.717) is 0 Å². The van der Waals surface area contributed by atoms with Crippen LogP contribution >= 0.6 is 11.8 Å². The molecule has 0 radical (unpaired) electrons. The predicted molar refractivity (Wildman–Crippen MR) is 81.4 cm³/mol. The summed E-state index contributed by atoms with van der Waals surface area (Å²) in [5.74, 6) is -0.654. The van der Waals surface area contributed by atoms with Crippen molar-refractivity contribution in [2.45, 2.75) is 82.8 Å². The highest BCUT2D eigenvalue weighted by molar-refractivity contribution is 7.99. The molecule has 1 atom stereocenters. The number of hydrogen-bond acceptors (Lipinski definition) is 2. The smallest absolute Gasteiger partial charge is 0.316 e. The Kier molecular flexibility index (Phi) is 13.1. The number of carboxylic acids is 1. The highest BCUT2D eigenvalue weighted by atomic mass is 32.2. The van der Waals surface area contributed by atoms with Crippen molar-refractivity contribution in [1.82, 2.24) is 0 Å². The first-order valence-corrected chi connectivity index (χ1v) is 8.76. The third kappa shape index (κ3) is 10.9. The Balaban J connectivity index is 3.18. The number of carbonyl (C=O) groups is 1. The molecule has 0 heterocycles. The number of unbranched alkanes of at least 4 members (excludes halogenated alkanes) is 9. The van der Waals surface area contributed by atoms with Gasteiger partial charge in [-0.15, -0.1) is 0 Å². The maximum atomic E-state index is 10.8. The van der Waals surface area contributed by atoms with Gasteiger partial charge in [-0.25, -0.2) is 0 Å². The van der Waals surface area contributed by atoms with Crippen LogP contribution < -0.4 is 0 Å². The lowest BCUT2D eigenvalue weighted by Gasteiger charge is -2.08. The molecular formula is C15H30O2S. The lowest BCUT2D eigenvalue weighted by Crippen LogP contribution is -2.15. The summed E-state index contributed by atoms with van der Waals surface area (Å²) in [4.78, 5) is 10.8. The molecule has 0 saturated carbocycles. The Bertz CT molecular complexity index is 195. The van der Waals surface area contributed by atoms with E-state index < -0.39 is 5.97 Å². The van der Waals surface area contributed by atoms with Crippen molar-refractivity contribution in [3.05, 3.63) is 0 Å². The van der Waals surface area contributed by atoms with Crippen molar-refractivity contribution in [2.24, 2.45) is 0 Å². The van der Waals surface area contributed by atoms with Gasteiger partial charge in [-0.3, -0.25) is 4.79 Å². The van der Waals surface area contributed by atoms with E-state index in [-0.39, 0.29) is 5.25 Å². The molecule has 2 nitrogen and oxygen atoms in total. The van der Waals surface area contributed by atoms with E-state index in [1.54, 1.807) is 0 Å². The Morgan fingerprint density at radius 3 is 1.78 bits per heavy atom. The maximum absolute atomic E-state index is 10.8. The van der Waals surface area contributed by atoms with Crippen LogP contribution in [0.1, 0.15) is 77.6 Å². The first-order valence-electron chi connectivity index (χ1n) is 7.48. The van der Waals surface area contributed by atoms with Crippen LogP contribution in [-0.4, -0.2) is 22.6 Å². The van der Waals surface area contributed by atoms with Crippen LogP contribution in [0.2, 0.25) is 0 Å². The Hall–Kier alpha value is -0.180. The molecule has 0 saturated heterocycles. The van der Waals surface area contributed by atoms with Crippen LogP contribution in [0.15, 0.2) is 0 Å². The summed E-state index contributed by atoms with van der Waals surface area (Å²) in [5.41, 5.74) is 0. The van der Waals surface area contributed by atoms with E-state index in [1.165, 1.54) is 69.5 Å². The zero-order valence-electron chi connectivity index (χ0n) is 12.1. The van der Waals surface area contributed by atoms with Crippen LogP contribution in [0.3, 0.4) is 0 Å². The average molecular weight is 274 g/mol. The minimum absolute atomic E-state index is 0.195. The highest BCUT2D eigenvalue weighted by Gasteiger charge is 2.14. The minimum Gasteiger partial charge on any atom is -0.480 e. The molecular weight excluding hydrogens is 244 g/mol. The third-order valence-electron chi connectivity index (χ3n) is 3.38. The first kappa shape index (κ1) is 17.8. The van der Waals surface area contributed by atoms with Gasteiger partial charge in [0.05, 0.1) is 0 Å². The molecule has 0 aromatic heterocycles. The van der Waals surface area contributed by atoms with E-state index in [0.717, 1.165) is 12.8 Å². The van der Waals surface area contributed by atoms with Crippen LogP contribution in [0.5, 0.6) is 0 Å². The molecule has 0 spiro atoms. The Labute approximate surface area is 117 Å². The molecule has 108 valence electrons. The fourth-order valence-corrected chi connectivity index (χ4v) is 2.76. The van der Waals surface area contributed by atoms with Crippen molar-refractivity contribution in [2.75, 3.05) is 6.26 Å². The van der Waals surface area contributed by atoms with Crippen LogP contribution in [0.25, 0.3) is 0 Å². The molecule has 3 heteroatoms. The van der Waals surface area contributed by atoms with Crippen LogP contribution in [-0.2, 0) is 4.79 Å². The SMILES string of the molecule is CCCCCCCCCCCCC(SC)C(=O)O. The van der Waals surface area contributed by atoms with Gasteiger partial charge in [0.2, 0.25) is 0 Å². The summed E-state index contributed by atoms with van der Waals surface area (Å²) in [7, 11) is 0. The van der Waals surface area contributed by atoms with E-state index in [2.05, 4.69) is 6.92 Å². The molecule has 0 aliphatic carbocycles. The Morgan fingerprint density at radius 1 is 0.944 bits per heavy atom. The van der Waals surface area contributed by atoms with Gasteiger partial charge in [0.15, 0.2) is 0 Å². The average Bonchev–Trinajstić information content (AvgIpc) is 2.35. The van der Waals surface area contributed by atoms with Gasteiger partial charge in [-0.1, -0.05) is 71.1 Å². The van der Waals surface area contributed by atoms with Crippen molar-refractivity contribution in [3.63, 3.8) is 0 Å². The summed E-state index contributed by atoms with van der Waals surface area (Å²) < 4.78 is 0. The van der Waals surface area contributed by atoms with Crippen molar-refractivity contribution < 1.29 is 9.90 Å². The molecule has 0 amide bonds. The van der Waals surface area contributed by atoms with Crippen LogP contribution in [0.4, 0.5) is 0 Å². The molecule has 0 rings (SSSR count). The molecule has 0 aromatic rings. The first-order chi connectivity index (χ1) is 8.72.